The molecule has 0 spiro atoms. The molecule has 2 unspecified atom stereocenters. The summed E-state index contributed by atoms with van der Waals surface area (Å²) in [5, 5.41) is 0.970. The zero-order chi connectivity index (χ0) is 20.5. The van der Waals surface area contributed by atoms with Crippen LogP contribution in [0.4, 0.5) is 5.13 Å². The highest BCUT2D eigenvalue weighted by Crippen LogP contribution is 2.48. The quantitative estimate of drug-likeness (QED) is 0.631. The number of aryl methyl sites for hydroxylation is 1. The van der Waals surface area contributed by atoms with Crippen LogP contribution in [0, 0.1) is 12.8 Å². The van der Waals surface area contributed by atoms with Crippen molar-refractivity contribution in [2.24, 2.45) is 5.92 Å². The molecule has 3 aromatic rings. The van der Waals surface area contributed by atoms with Crippen LogP contribution >= 0.6 is 11.5 Å². The van der Waals surface area contributed by atoms with Gasteiger partial charge < -0.3 is 9.80 Å². The van der Waals surface area contributed by atoms with Gasteiger partial charge in [0.15, 0.2) is 0 Å². The number of nitrogens with zero attached hydrogens (tertiary/aromatic N) is 4. The standard InChI is InChI=1S/C24H26N4OS/c1-17-7-9-18(10-8-17)15-22-25-24(30-26-22)28-13-11-27(12-14-28)23(29)21-16-20(21)19-5-3-2-4-6-19/h2-10,20-21H,11-16H2,1H3. The van der Waals surface area contributed by atoms with Crippen LogP contribution in [0.25, 0.3) is 0 Å². The van der Waals surface area contributed by atoms with Crippen molar-refractivity contribution in [1.82, 2.24) is 14.3 Å². The Hall–Kier alpha value is -2.73. The van der Waals surface area contributed by atoms with E-state index in [1.165, 1.54) is 28.2 Å². The van der Waals surface area contributed by atoms with Crippen LogP contribution in [0.3, 0.4) is 0 Å². The van der Waals surface area contributed by atoms with Gasteiger partial charge >= 0.3 is 0 Å². The summed E-state index contributed by atoms with van der Waals surface area (Å²) in [4.78, 5) is 22.0. The lowest BCUT2D eigenvalue weighted by Crippen LogP contribution is -2.49. The fourth-order valence-electron chi connectivity index (χ4n) is 4.22. The molecule has 0 N–H and O–H groups in total. The van der Waals surface area contributed by atoms with E-state index in [1.807, 2.05) is 11.0 Å². The van der Waals surface area contributed by atoms with E-state index in [0.717, 1.165) is 50.0 Å². The van der Waals surface area contributed by atoms with Gasteiger partial charge in [-0.1, -0.05) is 60.2 Å². The summed E-state index contributed by atoms with van der Waals surface area (Å²) in [6.07, 6.45) is 1.75. The Morgan fingerprint density at radius 1 is 1.03 bits per heavy atom. The van der Waals surface area contributed by atoms with Crippen molar-refractivity contribution in [3.05, 3.63) is 77.1 Å². The van der Waals surface area contributed by atoms with Crippen molar-refractivity contribution in [2.45, 2.75) is 25.7 Å². The Kier molecular flexibility index (Phi) is 5.25. The number of carbonyl (C=O) groups is 1. The van der Waals surface area contributed by atoms with Gasteiger partial charge in [-0.3, -0.25) is 4.79 Å². The Bertz CT molecular complexity index is 1010. The van der Waals surface area contributed by atoms with Crippen molar-refractivity contribution in [3.63, 3.8) is 0 Å². The summed E-state index contributed by atoms with van der Waals surface area (Å²) in [6, 6.07) is 19.0. The van der Waals surface area contributed by atoms with Crippen LogP contribution in [0.15, 0.2) is 54.6 Å². The molecular weight excluding hydrogens is 392 g/mol. The van der Waals surface area contributed by atoms with Gasteiger partial charge in [0.1, 0.15) is 5.82 Å². The number of benzene rings is 2. The predicted molar refractivity (Wildman–Crippen MR) is 120 cm³/mol. The molecule has 5 rings (SSSR count). The SMILES string of the molecule is Cc1ccc(Cc2nsc(N3CCN(C(=O)C4CC4c4ccccc4)CC3)n2)cc1. The molecule has 2 aliphatic rings. The summed E-state index contributed by atoms with van der Waals surface area (Å²) in [5.41, 5.74) is 3.79. The highest BCUT2D eigenvalue weighted by Gasteiger charge is 2.46. The molecule has 0 radical (unpaired) electrons. The number of amides is 1. The largest absolute Gasteiger partial charge is 0.343 e. The minimum atomic E-state index is 0.168. The summed E-state index contributed by atoms with van der Waals surface area (Å²) < 4.78 is 4.55. The first-order chi connectivity index (χ1) is 14.7. The van der Waals surface area contributed by atoms with Crippen LogP contribution in [0.5, 0.6) is 0 Å². The van der Waals surface area contributed by atoms with Gasteiger partial charge in [0, 0.05) is 50.1 Å². The first kappa shape index (κ1) is 19.2. The average molecular weight is 419 g/mol. The molecule has 1 aromatic heterocycles. The van der Waals surface area contributed by atoms with E-state index < -0.39 is 0 Å². The third-order valence-electron chi connectivity index (χ3n) is 6.14. The molecule has 154 valence electrons. The van der Waals surface area contributed by atoms with Gasteiger partial charge in [-0.25, -0.2) is 4.98 Å². The van der Waals surface area contributed by atoms with Crippen molar-refractivity contribution in [2.75, 3.05) is 31.1 Å². The number of rotatable bonds is 5. The van der Waals surface area contributed by atoms with E-state index in [2.05, 4.69) is 64.7 Å². The summed E-state index contributed by atoms with van der Waals surface area (Å²) in [7, 11) is 0. The molecule has 1 saturated heterocycles. The van der Waals surface area contributed by atoms with Crippen LogP contribution in [0.1, 0.15) is 34.9 Å². The molecule has 1 aliphatic carbocycles. The van der Waals surface area contributed by atoms with Crippen molar-refractivity contribution >= 4 is 22.6 Å². The van der Waals surface area contributed by atoms with E-state index in [-0.39, 0.29) is 5.92 Å². The molecule has 2 aromatic carbocycles. The van der Waals surface area contributed by atoms with Gasteiger partial charge in [-0.2, -0.15) is 4.37 Å². The second-order valence-electron chi connectivity index (χ2n) is 8.33. The maximum absolute atomic E-state index is 12.9. The maximum atomic E-state index is 12.9. The monoisotopic (exact) mass is 418 g/mol. The van der Waals surface area contributed by atoms with E-state index in [9.17, 15) is 4.79 Å². The highest BCUT2D eigenvalue weighted by molar-refractivity contribution is 7.09. The Balaban J connectivity index is 1.14. The number of hydrogen-bond donors (Lipinski definition) is 0. The zero-order valence-corrected chi connectivity index (χ0v) is 18.0. The zero-order valence-electron chi connectivity index (χ0n) is 17.2. The first-order valence-electron chi connectivity index (χ1n) is 10.6. The van der Waals surface area contributed by atoms with Gasteiger partial charge in [-0.05, 0) is 30.4 Å². The molecule has 2 heterocycles. The fourth-order valence-corrected chi connectivity index (χ4v) is 4.96. The minimum Gasteiger partial charge on any atom is -0.343 e. The average Bonchev–Trinajstić information content (AvgIpc) is 3.46. The number of anilines is 1. The van der Waals surface area contributed by atoms with Gasteiger partial charge in [0.05, 0.1) is 0 Å². The molecule has 1 saturated carbocycles. The topological polar surface area (TPSA) is 49.3 Å². The van der Waals surface area contributed by atoms with Gasteiger partial charge in [0.25, 0.3) is 0 Å². The van der Waals surface area contributed by atoms with E-state index in [1.54, 1.807) is 0 Å². The number of hydrogen-bond acceptors (Lipinski definition) is 5. The molecule has 2 fully saturated rings. The van der Waals surface area contributed by atoms with E-state index in [0.29, 0.717) is 11.8 Å². The van der Waals surface area contributed by atoms with Gasteiger partial charge in [-0.15, -0.1) is 0 Å². The normalized spacial score (nSPS) is 21.0. The molecule has 5 nitrogen and oxygen atoms in total. The molecule has 1 aliphatic heterocycles. The molecule has 2 atom stereocenters. The smallest absolute Gasteiger partial charge is 0.226 e. The number of carbonyl (C=O) groups excluding carboxylic acids is 1. The second-order valence-corrected chi connectivity index (χ2v) is 9.06. The van der Waals surface area contributed by atoms with Crippen LogP contribution < -0.4 is 4.90 Å². The molecule has 0 bridgehead atoms. The van der Waals surface area contributed by atoms with Crippen molar-refractivity contribution in [3.8, 4) is 0 Å². The molecular formula is C24H26N4OS. The fraction of sp³-hybridized carbons (Fsp3) is 0.375. The lowest BCUT2D eigenvalue weighted by molar-refractivity contribution is -0.132. The first-order valence-corrected chi connectivity index (χ1v) is 11.4. The Morgan fingerprint density at radius 3 is 2.50 bits per heavy atom. The Morgan fingerprint density at radius 2 is 1.77 bits per heavy atom. The van der Waals surface area contributed by atoms with Crippen LogP contribution in [0.2, 0.25) is 0 Å². The molecule has 6 heteroatoms. The third-order valence-corrected chi connectivity index (χ3v) is 6.95. The molecule has 30 heavy (non-hydrogen) atoms. The second kappa shape index (κ2) is 8.19. The van der Waals surface area contributed by atoms with Crippen LogP contribution in [-0.2, 0) is 11.2 Å². The lowest BCUT2D eigenvalue weighted by Gasteiger charge is -2.34. The summed E-state index contributed by atoms with van der Waals surface area (Å²) in [6.45, 7) is 5.28. The van der Waals surface area contributed by atoms with Crippen LogP contribution in [-0.4, -0.2) is 46.3 Å². The maximum Gasteiger partial charge on any atom is 0.226 e. The van der Waals surface area contributed by atoms with Crippen molar-refractivity contribution in [1.29, 1.82) is 0 Å². The van der Waals surface area contributed by atoms with Gasteiger partial charge in [0.2, 0.25) is 11.0 Å². The Labute approximate surface area is 181 Å². The number of aromatic nitrogens is 2. The summed E-state index contributed by atoms with van der Waals surface area (Å²) >= 11 is 1.47. The lowest BCUT2D eigenvalue weighted by atomic mass is 10.1. The highest BCUT2D eigenvalue weighted by atomic mass is 32.1. The minimum absolute atomic E-state index is 0.168. The predicted octanol–water partition coefficient (Wildman–Crippen LogP) is 3.89. The van der Waals surface area contributed by atoms with E-state index in [4.69, 9.17) is 4.98 Å². The molecule has 1 amide bonds. The third kappa shape index (κ3) is 4.10. The van der Waals surface area contributed by atoms with Crippen molar-refractivity contribution < 1.29 is 4.79 Å². The summed E-state index contributed by atoms with van der Waals surface area (Å²) in [5.74, 6) is 1.77. The number of piperazine rings is 1. The van der Waals surface area contributed by atoms with E-state index >= 15 is 0 Å².